The zero-order valence-electron chi connectivity index (χ0n) is 10.2. The van der Waals surface area contributed by atoms with E-state index in [4.69, 9.17) is 4.74 Å². The van der Waals surface area contributed by atoms with Crippen molar-refractivity contribution in [3.05, 3.63) is 36.0 Å². The summed E-state index contributed by atoms with van der Waals surface area (Å²) in [6.07, 6.45) is 2.80. The molecule has 0 saturated carbocycles. The van der Waals surface area contributed by atoms with E-state index < -0.39 is 0 Å². The van der Waals surface area contributed by atoms with Gasteiger partial charge in [0.25, 0.3) is 5.91 Å². The minimum atomic E-state index is 0.0944. The number of nitrogens with zero attached hydrogens (tertiary/aromatic N) is 1. The molecule has 1 aromatic heterocycles. The second-order valence-corrected chi connectivity index (χ2v) is 4.54. The van der Waals surface area contributed by atoms with E-state index in [2.05, 4.69) is 4.98 Å². The number of carbonyl (C=O) groups is 1. The van der Waals surface area contributed by atoms with E-state index in [1.807, 2.05) is 35.4 Å². The van der Waals surface area contributed by atoms with Gasteiger partial charge in [0, 0.05) is 37.0 Å². The summed E-state index contributed by atoms with van der Waals surface area (Å²) in [6, 6.07) is 7.80. The summed E-state index contributed by atoms with van der Waals surface area (Å²) in [5.74, 6) is 0.0944. The summed E-state index contributed by atoms with van der Waals surface area (Å²) < 4.78 is 5.37. The standard InChI is InChI=1S/C14H16N2O2/c17-14(16-6-1-8-18-9-7-16)12-3-2-11-4-5-15-13(11)10-12/h2-5,10,15H,1,6-9H2. The summed E-state index contributed by atoms with van der Waals surface area (Å²) >= 11 is 0. The maximum absolute atomic E-state index is 12.4. The lowest BCUT2D eigenvalue weighted by molar-refractivity contribution is 0.0741. The molecule has 1 aromatic carbocycles. The normalized spacial score (nSPS) is 16.8. The van der Waals surface area contributed by atoms with Crippen molar-refractivity contribution < 1.29 is 9.53 Å². The molecule has 1 fully saturated rings. The number of aromatic nitrogens is 1. The molecular formula is C14H16N2O2. The van der Waals surface area contributed by atoms with Gasteiger partial charge in [-0.25, -0.2) is 0 Å². The first-order valence-electron chi connectivity index (χ1n) is 6.29. The van der Waals surface area contributed by atoms with E-state index in [1.165, 1.54) is 0 Å². The third kappa shape index (κ3) is 2.11. The third-order valence-electron chi connectivity index (χ3n) is 3.31. The van der Waals surface area contributed by atoms with Gasteiger partial charge in [0.2, 0.25) is 0 Å². The summed E-state index contributed by atoms with van der Waals surface area (Å²) in [4.78, 5) is 17.4. The van der Waals surface area contributed by atoms with E-state index in [9.17, 15) is 4.79 Å². The highest BCUT2D eigenvalue weighted by molar-refractivity contribution is 5.97. The van der Waals surface area contributed by atoms with Crippen molar-refractivity contribution in [3.63, 3.8) is 0 Å². The molecule has 3 rings (SSSR count). The van der Waals surface area contributed by atoms with Crippen molar-refractivity contribution in [3.8, 4) is 0 Å². The topological polar surface area (TPSA) is 45.3 Å². The number of hydrogen-bond acceptors (Lipinski definition) is 2. The van der Waals surface area contributed by atoms with Crippen LogP contribution in [-0.4, -0.2) is 42.1 Å². The molecule has 1 aliphatic heterocycles. The highest BCUT2D eigenvalue weighted by Gasteiger charge is 2.17. The predicted octanol–water partition coefficient (Wildman–Crippen LogP) is 2.03. The highest BCUT2D eigenvalue weighted by Crippen LogP contribution is 2.16. The second kappa shape index (κ2) is 4.82. The van der Waals surface area contributed by atoms with E-state index >= 15 is 0 Å². The first kappa shape index (κ1) is 11.3. The van der Waals surface area contributed by atoms with Crippen LogP contribution < -0.4 is 0 Å². The van der Waals surface area contributed by atoms with Gasteiger partial charge in [-0.15, -0.1) is 0 Å². The van der Waals surface area contributed by atoms with Gasteiger partial charge in [0.05, 0.1) is 6.61 Å². The van der Waals surface area contributed by atoms with Crippen molar-refractivity contribution in [1.29, 1.82) is 0 Å². The fraction of sp³-hybridized carbons (Fsp3) is 0.357. The molecule has 94 valence electrons. The lowest BCUT2D eigenvalue weighted by Gasteiger charge is -2.19. The highest BCUT2D eigenvalue weighted by atomic mass is 16.5. The van der Waals surface area contributed by atoms with Gasteiger partial charge < -0.3 is 14.6 Å². The number of amides is 1. The average Bonchev–Trinajstić information content (AvgIpc) is 2.69. The van der Waals surface area contributed by atoms with Crippen molar-refractivity contribution in [2.75, 3.05) is 26.3 Å². The first-order chi connectivity index (χ1) is 8.84. The Bertz CT molecular complexity index is 554. The summed E-state index contributed by atoms with van der Waals surface area (Å²) in [5.41, 5.74) is 1.75. The number of benzene rings is 1. The number of rotatable bonds is 1. The van der Waals surface area contributed by atoms with Crippen molar-refractivity contribution in [2.45, 2.75) is 6.42 Å². The third-order valence-corrected chi connectivity index (χ3v) is 3.31. The van der Waals surface area contributed by atoms with E-state index in [1.54, 1.807) is 0 Å². The molecule has 4 nitrogen and oxygen atoms in total. The molecule has 18 heavy (non-hydrogen) atoms. The molecule has 1 aliphatic rings. The Morgan fingerprint density at radius 3 is 3.11 bits per heavy atom. The Balaban J connectivity index is 1.85. The molecule has 2 heterocycles. The predicted molar refractivity (Wildman–Crippen MR) is 69.6 cm³/mol. The molecule has 1 amide bonds. The number of hydrogen-bond donors (Lipinski definition) is 1. The largest absolute Gasteiger partial charge is 0.380 e. The van der Waals surface area contributed by atoms with Gasteiger partial charge in [0.15, 0.2) is 0 Å². The van der Waals surface area contributed by atoms with E-state index in [-0.39, 0.29) is 5.91 Å². The first-order valence-corrected chi connectivity index (χ1v) is 6.29. The van der Waals surface area contributed by atoms with Crippen LogP contribution in [0.15, 0.2) is 30.5 Å². The van der Waals surface area contributed by atoms with Crippen LogP contribution in [0, 0.1) is 0 Å². The van der Waals surface area contributed by atoms with Crippen LogP contribution in [0.5, 0.6) is 0 Å². The van der Waals surface area contributed by atoms with Gasteiger partial charge in [-0.05, 0) is 30.0 Å². The van der Waals surface area contributed by atoms with Crippen LogP contribution >= 0.6 is 0 Å². The minimum Gasteiger partial charge on any atom is -0.380 e. The Morgan fingerprint density at radius 1 is 1.22 bits per heavy atom. The van der Waals surface area contributed by atoms with Crippen LogP contribution in [0.3, 0.4) is 0 Å². The number of aromatic amines is 1. The lowest BCUT2D eigenvalue weighted by Crippen LogP contribution is -2.33. The molecular weight excluding hydrogens is 228 g/mol. The molecule has 0 spiro atoms. The van der Waals surface area contributed by atoms with Crippen molar-refractivity contribution in [2.24, 2.45) is 0 Å². The number of carbonyl (C=O) groups excluding carboxylic acids is 1. The molecule has 0 bridgehead atoms. The molecule has 2 aromatic rings. The Hall–Kier alpha value is -1.81. The van der Waals surface area contributed by atoms with E-state index in [0.717, 1.165) is 36.0 Å². The van der Waals surface area contributed by atoms with Crippen LogP contribution in [0.4, 0.5) is 0 Å². The monoisotopic (exact) mass is 244 g/mol. The summed E-state index contributed by atoms with van der Waals surface area (Å²) in [6.45, 7) is 2.85. The van der Waals surface area contributed by atoms with Gasteiger partial charge in [-0.1, -0.05) is 6.07 Å². The second-order valence-electron chi connectivity index (χ2n) is 4.54. The zero-order valence-corrected chi connectivity index (χ0v) is 10.2. The van der Waals surface area contributed by atoms with Crippen molar-refractivity contribution >= 4 is 16.8 Å². The van der Waals surface area contributed by atoms with Crippen molar-refractivity contribution in [1.82, 2.24) is 9.88 Å². The SMILES string of the molecule is O=C(c1ccc2cc[nH]c2c1)N1CCCOCC1. The van der Waals surface area contributed by atoms with Crippen LogP contribution in [0.2, 0.25) is 0 Å². The Kier molecular flexibility index (Phi) is 3.02. The molecule has 1 saturated heterocycles. The zero-order chi connectivity index (χ0) is 12.4. The average molecular weight is 244 g/mol. The molecule has 0 atom stereocenters. The minimum absolute atomic E-state index is 0.0944. The molecule has 4 heteroatoms. The van der Waals surface area contributed by atoms with Crippen LogP contribution in [0.1, 0.15) is 16.8 Å². The number of ether oxygens (including phenoxy) is 1. The van der Waals surface area contributed by atoms with E-state index in [0.29, 0.717) is 13.2 Å². The van der Waals surface area contributed by atoms with Gasteiger partial charge in [0.1, 0.15) is 0 Å². The fourth-order valence-corrected chi connectivity index (χ4v) is 2.31. The Labute approximate surface area is 106 Å². The van der Waals surface area contributed by atoms with Crippen LogP contribution in [0.25, 0.3) is 10.9 Å². The fourth-order valence-electron chi connectivity index (χ4n) is 2.31. The molecule has 0 aliphatic carbocycles. The van der Waals surface area contributed by atoms with Gasteiger partial charge in [-0.3, -0.25) is 4.79 Å². The maximum Gasteiger partial charge on any atom is 0.254 e. The summed E-state index contributed by atoms with van der Waals surface area (Å²) in [5, 5.41) is 1.13. The quantitative estimate of drug-likeness (QED) is 0.834. The number of H-pyrrole nitrogens is 1. The van der Waals surface area contributed by atoms with Crippen LogP contribution in [-0.2, 0) is 4.74 Å². The smallest absolute Gasteiger partial charge is 0.254 e. The molecule has 0 unspecified atom stereocenters. The number of fused-ring (bicyclic) bond motifs is 1. The Morgan fingerprint density at radius 2 is 2.17 bits per heavy atom. The molecule has 0 radical (unpaired) electrons. The maximum atomic E-state index is 12.4. The lowest BCUT2D eigenvalue weighted by atomic mass is 10.1. The number of nitrogens with one attached hydrogen (secondary N) is 1. The molecule has 1 N–H and O–H groups in total. The van der Waals surface area contributed by atoms with Gasteiger partial charge >= 0.3 is 0 Å². The van der Waals surface area contributed by atoms with Gasteiger partial charge in [-0.2, -0.15) is 0 Å². The summed E-state index contributed by atoms with van der Waals surface area (Å²) in [7, 11) is 0.